The summed E-state index contributed by atoms with van der Waals surface area (Å²) in [4.78, 5) is 12.1. The van der Waals surface area contributed by atoms with Gasteiger partial charge in [-0.25, -0.2) is 4.79 Å². The van der Waals surface area contributed by atoms with Crippen LogP contribution in [-0.2, 0) is 14.9 Å². The van der Waals surface area contributed by atoms with Gasteiger partial charge >= 0.3 is 5.97 Å². The lowest BCUT2D eigenvalue weighted by molar-refractivity contribution is 0.0600. The van der Waals surface area contributed by atoms with E-state index in [1.807, 2.05) is 18.2 Å². The van der Waals surface area contributed by atoms with Crippen LogP contribution in [0, 0.1) is 10.8 Å². The summed E-state index contributed by atoms with van der Waals surface area (Å²) in [5.41, 5.74) is 1.59. The number of carbonyl (C=O) groups excluding carboxylic acids is 1. The Kier molecular flexibility index (Phi) is 4.52. The van der Waals surface area contributed by atoms with E-state index in [0.717, 1.165) is 16.9 Å². The van der Waals surface area contributed by atoms with Gasteiger partial charge in [0.25, 0.3) is 0 Å². The van der Waals surface area contributed by atoms with E-state index in [1.165, 1.54) is 7.11 Å². The van der Waals surface area contributed by atoms with Crippen LogP contribution in [0.1, 0.15) is 48.7 Å². The number of rotatable bonds is 3. The van der Waals surface area contributed by atoms with Crippen molar-refractivity contribution in [1.29, 1.82) is 5.41 Å². The van der Waals surface area contributed by atoms with Gasteiger partial charge in [0, 0.05) is 17.5 Å². The lowest BCUT2D eigenvalue weighted by Gasteiger charge is -2.35. The molecule has 6 nitrogen and oxygen atoms in total. The number of hydrogen-bond donors (Lipinski definition) is 1. The van der Waals surface area contributed by atoms with Crippen LogP contribution in [0.2, 0.25) is 0 Å². The highest BCUT2D eigenvalue weighted by Gasteiger charge is 2.48. The Labute approximate surface area is 170 Å². The van der Waals surface area contributed by atoms with Crippen molar-refractivity contribution in [3.05, 3.63) is 53.1 Å². The summed E-state index contributed by atoms with van der Waals surface area (Å²) in [6, 6.07) is 11.0. The minimum absolute atomic E-state index is 0.0324. The first-order valence-electron chi connectivity index (χ1n) is 9.60. The van der Waals surface area contributed by atoms with E-state index in [9.17, 15) is 4.79 Å². The summed E-state index contributed by atoms with van der Waals surface area (Å²) in [5.74, 6) is 1.92. The molecule has 0 aromatic heterocycles. The first-order chi connectivity index (χ1) is 13.7. The van der Waals surface area contributed by atoms with E-state index in [0.29, 0.717) is 36.7 Å². The van der Waals surface area contributed by atoms with Gasteiger partial charge in [-0.15, -0.1) is 0 Å². The second-order valence-corrected chi connectivity index (χ2v) is 8.78. The van der Waals surface area contributed by atoms with Gasteiger partial charge in [0.1, 0.15) is 23.9 Å². The molecule has 6 heteroatoms. The maximum absolute atomic E-state index is 12.1. The lowest BCUT2D eigenvalue weighted by Crippen LogP contribution is -2.32. The minimum Gasteiger partial charge on any atom is -0.493 e. The molecule has 2 aromatic carbocycles. The molecule has 2 aliphatic rings. The van der Waals surface area contributed by atoms with Crippen LogP contribution in [0.3, 0.4) is 0 Å². The van der Waals surface area contributed by atoms with Crippen LogP contribution in [0.25, 0.3) is 0 Å². The molecule has 0 unspecified atom stereocenters. The van der Waals surface area contributed by atoms with Crippen molar-refractivity contribution in [3.8, 4) is 17.2 Å². The summed E-state index contributed by atoms with van der Waals surface area (Å²) >= 11 is 0. The quantitative estimate of drug-likeness (QED) is 0.763. The highest BCUT2D eigenvalue weighted by Crippen LogP contribution is 2.53. The SMILES string of the molecule is COC(=O)c1ccc2c(c1)[C@@]1(COC(=N)C1)c1cc(OCC(C)(C)C)ccc1O2. The Morgan fingerprint density at radius 2 is 1.83 bits per heavy atom. The Balaban J connectivity index is 1.81. The summed E-state index contributed by atoms with van der Waals surface area (Å²) < 4.78 is 22.6. The Bertz CT molecular complexity index is 991. The predicted octanol–water partition coefficient (Wildman–Crippen LogP) is 4.69. The minimum atomic E-state index is -0.606. The number of benzene rings is 2. The van der Waals surface area contributed by atoms with E-state index in [-0.39, 0.29) is 11.3 Å². The summed E-state index contributed by atoms with van der Waals surface area (Å²) in [7, 11) is 1.36. The van der Waals surface area contributed by atoms with E-state index in [2.05, 4.69) is 20.8 Å². The highest BCUT2D eigenvalue weighted by atomic mass is 16.5. The number of fused-ring (bicyclic) bond motifs is 4. The third-order valence-electron chi connectivity index (χ3n) is 5.23. The van der Waals surface area contributed by atoms with Crippen molar-refractivity contribution in [2.75, 3.05) is 20.3 Å². The molecule has 152 valence electrons. The second kappa shape index (κ2) is 6.79. The standard InChI is InChI=1S/C23H25NO5/c1-22(2,3)12-27-15-6-8-19-17(10-15)23(11-20(24)28-13-23)16-9-14(21(25)26-4)5-7-18(16)29-19/h5-10,24H,11-13H2,1-4H3/t23-/m1/s1. The molecule has 2 aliphatic heterocycles. The molecule has 29 heavy (non-hydrogen) atoms. The fourth-order valence-corrected chi connectivity index (χ4v) is 3.80. The molecule has 0 aliphatic carbocycles. The van der Waals surface area contributed by atoms with Gasteiger partial charge < -0.3 is 18.9 Å². The van der Waals surface area contributed by atoms with Crippen LogP contribution in [0.5, 0.6) is 17.2 Å². The average Bonchev–Trinajstić information content (AvgIpc) is 3.08. The fourth-order valence-electron chi connectivity index (χ4n) is 3.80. The van der Waals surface area contributed by atoms with Gasteiger partial charge in [0.2, 0.25) is 0 Å². The fraction of sp³-hybridized carbons (Fsp3) is 0.391. The number of esters is 1. The van der Waals surface area contributed by atoms with Crippen molar-refractivity contribution in [1.82, 2.24) is 0 Å². The molecule has 4 rings (SSSR count). The van der Waals surface area contributed by atoms with Crippen LogP contribution >= 0.6 is 0 Å². The molecule has 1 atom stereocenters. The number of hydrogen-bond acceptors (Lipinski definition) is 6. The summed E-state index contributed by atoms with van der Waals surface area (Å²) in [5, 5.41) is 8.10. The Hall–Kier alpha value is -3.02. The first-order valence-corrected chi connectivity index (χ1v) is 9.60. The molecule has 1 saturated heterocycles. The third kappa shape index (κ3) is 3.43. The van der Waals surface area contributed by atoms with Crippen LogP contribution in [0.4, 0.5) is 0 Å². The zero-order valence-electron chi connectivity index (χ0n) is 17.1. The lowest BCUT2D eigenvalue weighted by atomic mass is 9.71. The molecule has 1 N–H and O–H groups in total. The number of nitrogens with one attached hydrogen (secondary N) is 1. The zero-order chi connectivity index (χ0) is 20.8. The smallest absolute Gasteiger partial charge is 0.337 e. The van der Waals surface area contributed by atoms with Gasteiger partial charge in [-0.05, 0) is 41.8 Å². The van der Waals surface area contributed by atoms with Crippen molar-refractivity contribution in [3.63, 3.8) is 0 Å². The average molecular weight is 395 g/mol. The van der Waals surface area contributed by atoms with Gasteiger partial charge in [-0.3, -0.25) is 5.41 Å². The molecule has 1 spiro atoms. The highest BCUT2D eigenvalue weighted by molar-refractivity contribution is 5.90. The maximum Gasteiger partial charge on any atom is 0.337 e. The van der Waals surface area contributed by atoms with Crippen molar-refractivity contribution >= 4 is 11.9 Å². The van der Waals surface area contributed by atoms with Crippen molar-refractivity contribution in [2.45, 2.75) is 32.6 Å². The molecular formula is C23H25NO5. The second-order valence-electron chi connectivity index (χ2n) is 8.78. The topological polar surface area (TPSA) is 77.8 Å². The molecule has 2 aromatic rings. The van der Waals surface area contributed by atoms with Crippen LogP contribution in [-0.4, -0.2) is 32.2 Å². The molecule has 0 amide bonds. The summed E-state index contributed by atoms with van der Waals surface area (Å²) in [6.45, 7) is 7.24. The molecule has 0 radical (unpaired) electrons. The zero-order valence-corrected chi connectivity index (χ0v) is 17.1. The van der Waals surface area contributed by atoms with Gasteiger partial charge in [-0.2, -0.15) is 0 Å². The molecule has 2 heterocycles. The molecule has 0 bridgehead atoms. The van der Waals surface area contributed by atoms with E-state index >= 15 is 0 Å². The normalized spacial score (nSPS) is 19.8. The van der Waals surface area contributed by atoms with Crippen molar-refractivity contribution in [2.24, 2.45) is 5.41 Å². The van der Waals surface area contributed by atoms with E-state index in [1.54, 1.807) is 18.2 Å². The number of ether oxygens (including phenoxy) is 4. The van der Waals surface area contributed by atoms with Gasteiger partial charge in [-0.1, -0.05) is 20.8 Å². The van der Waals surface area contributed by atoms with Gasteiger partial charge in [0.05, 0.1) is 24.7 Å². The molecule has 1 fully saturated rings. The van der Waals surface area contributed by atoms with E-state index < -0.39 is 11.4 Å². The summed E-state index contributed by atoms with van der Waals surface area (Å²) in [6.07, 6.45) is 0.393. The molecular weight excluding hydrogens is 370 g/mol. The van der Waals surface area contributed by atoms with Crippen molar-refractivity contribution < 1.29 is 23.7 Å². The molecule has 0 saturated carbocycles. The number of carbonyl (C=O) groups is 1. The van der Waals surface area contributed by atoms with Crippen LogP contribution < -0.4 is 9.47 Å². The first kappa shape index (κ1) is 19.3. The third-order valence-corrected chi connectivity index (χ3v) is 5.23. The monoisotopic (exact) mass is 395 g/mol. The Morgan fingerprint density at radius 3 is 2.45 bits per heavy atom. The predicted molar refractivity (Wildman–Crippen MR) is 108 cm³/mol. The van der Waals surface area contributed by atoms with E-state index in [4.69, 9.17) is 24.4 Å². The van der Waals surface area contributed by atoms with Crippen LogP contribution in [0.15, 0.2) is 36.4 Å². The number of methoxy groups -OCH3 is 1. The van der Waals surface area contributed by atoms with Gasteiger partial charge in [0.15, 0.2) is 5.90 Å². The largest absolute Gasteiger partial charge is 0.493 e. The Morgan fingerprint density at radius 1 is 1.14 bits per heavy atom. The maximum atomic E-state index is 12.1.